The van der Waals surface area contributed by atoms with Crippen molar-refractivity contribution in [2.24, 2.45) is 0 Å². The van der Waals surface area contributed by atoms with Gasteiger partial charge in [-0.3, -0.25) is 4.98 Å². The summed E-state index contributed by atoms with van der Waals surface area (Å²) in [5.41, 5.74) is 2.15. The fraction of sp³-hybridized carbons (Fsp3) is 0.438. The minimum Gasteiger partial charge on any atom is -0.381 e. The lowest BCUT2D eigenvalue weighted by atomic mass is 9.99. The van der Waals surface area contributed by atoms with Gasteiger partial charge in [-0.2, -0.15) is 0 Å². The second kappa shape index (κ2) is 5.17. The number of fused-ring (bicyclic) bond motifs is 1. The van der Waals surface area contributed by atoms with E-state index in [2.05, 4.69) is 36.3 Å². The zero-order chi connectivity index (χ0) is 13.2. The zero-order valence-electron chi connectivity index (χ0n) is 11.5. The largest absolute Gasteiger partial charge is 0.381 e. The summed E-state index contributed by atoms with van der Waals surface area (Å²) in [5.74, 6) is 0. The summed E-state index contributed by atoms with van der Waals surface area (Å²) in [7, 11) is 0. The van der Waals surface area contributed by atoms with Crippen LogP contribution in [0.25, 0.3) is 10.9 Å². The van der Waals surface area contributed by atoms with Gasteiger partial charge in [-0.1, -0.05) is 18.2 Å². The molecule has 2 unspecified atom stereocenters. The van der Waals surface area contributed by atoms with E-state index in [0.29, 0.717) is 18.2 Å². The Hall–Kier alpha value is -1.61. The molecule has 1 aliphatic heterocycles. The van der Waals surface area contributed by atoms with Crippen LogP contribution in [0, 0.1) is 0 Å². The van der Waals surface area contributed by atoms with Crippen LogP contribution in [0.2, 0.25) is 0 Å². The monoisotopic (exact) mass is 256 g/mol. The highest BCUT2D eigenvalue weighted by Gasteiger charge is 2.24. The zero-order valence-corrected chi connectivity index (χ0v) is 11.5. The van der Waals surface area contributed by atoms with Crippen molar-refractivity contribution >= 4 is 16.6 Å². The van der Waals surface area contributed by atoms with Gasteiger partial charge >= 0.3 is 0 Å². The van der Waals surface area contributed by atoms with Gasteiger partial charge in [0.15, 0.2) is 0 Å². The van der Waals surface area contributed by atoms with Gasteiger partial charge in [-0.05, 0) is 38.8 Å². The summed E-state index contributed by atoms with van der Waals surface area (Å²) in [6, 6.07) is 10.9. The number of benzene rings is 1. The fourth-order valence-electron chi connectivity index (χ4n) is 2.91. The molecule has 3 rings (SSSR count). The number of nitrogens with one attached hydrogen (secondary N) is 1. The number of ether oxygens (including phenoxy) is 1. The van der Waals surface area contributed by atoms with Crippen molar-refractivity contribution < 1.29 is 4.74 Å². The molecule has 100 valence electrons. The van der Waals surface area contributed by atoms with E-state index in [1.807, 2.05) is 24.4 Å². The summed E-state index contributed by atoms with van der Waals surface area (Å²) < 4.78 is 5.77. The van der Waals surface area contributed by atoms with E-state index in [1.165, 1.54) is 5.39 Å². The second-order valence-electron chi connectivity index (χ2n) is 5.49. The summed E-state index contributed by atoms with van der Waals surface area (Å²) >= 11 is 0. The molecule has 2 heterocycles. The molecule has 0 bridgehead atoms. The molecule has 1 aliphatic rings. The predicted octanol–water partition coefficient (Wildman–Crippen LogP) is 3.60. The van der Waals surface area contributed by atoms with E-state index in [0.717, 1.165) is 24.0 Å². The number of pyridine rings is 1. The van der Waals surface area contributed by atoms with Crippen molar-refractivity contribution in [2.75, 3.05) is 5.32 Å². The van der Waals surface area contributed by atoms with Gasteiger partial charge in [0.25, 0.3) is 0 Å². The van der Waals surface area contributed by atoms with Crippen LogP contribution in [0.4, 0.5) is 5.69 Å². The number of hydrogen-bond acceptors (Lipinski definition) is 3. The molecule has 2 atom stereocenters. The molecular formula is C16H20N2O. The van der Waals surface area contributed by atoms with Crippen molar-refractivity contribution in [3.8, 4) is 0 Å². The first-order valence-electron chi connectivity index (χ1n) is 6.97. The molecule has 1 aromatic heterocycles. The van der Waals surface area contributed by atoms with Gasteiger partial charge in [-0.15, -0.1) is 0 Å². The van der Waals surface area contributed by atoms with Crippen LogP contribution in [0.5, 0.6) is 0 Å². The van der Waals surface area contributed by atoms with E-state index in [9.17, 15) is 0 Å². The highest BCUT2D eigenvalue weighted by atomic mass is 16.5. The molecular weight excluding hydrogens is 236 g/mol. The number of hydrogen-bond donors (Lipinski definition) is 1. The van der Waals surface area contributed by atoms with Gasteiger partial charge in [0.2, 0.25) is 0 Å². The lowest BCUT2D eigenvalue weighted by Gasteiger charge is -2.33. The average Bonchev–Trinajstić information content (AvgIpc) is 2.37. The van der Waals surface area contributed by atoms with Crippen molar-refractivity contribution in [1.29, 1.82) is 0 Å². The van der Waals surface area contributed by atoms with E-state index in [4.69, 9.17) is 4.74 Å². The predicted molar refractivity (Wildman–Crippen MR) is 78.4 cm³/mol. The third kappa shape index (κ3) is 2.87. The maximum Gasteiger partial charge on any atom is 0.0703 e. The molecule has 0 aliphatic carbocycles. The number of rotatable bonds is 2. The first-order chi connectivity index (χ1) is 9.20. The lowest BCUT2D eigenvalue weighted by Crippen LogP contribution is -2.36. The Bertz CT molecular complexity index is 559. The van der Waals surface area contributed by atoms with E-state index >= 15 is 0 Å². The molecule has 3 nitrogen and oxygen atoms in total. The summed E-state index contributed by atoms with van der Waals surface area (Å²) in [6.45, 7) is 4.28. The molecule has 2 aromatic rings. The van der Waals surface area contributed by atoms with Crippen LogP contribution >= 0.6 is 0 Å². The molecule has 3 heteroatoms. The van der Waals surface area contributed by atoms with Gasteiger partial charge < -0.3 is 10.1 Å². The van der Waals surface area contributed by atoms with E-state index in [1.54, 1.807) is 0 Å². The minimum absolute atomic E-state index is 0.328. The highest BCUT2D eigenvalue weighted by Crippen LogP contribution is 2.23. The average molecular weight is 256 g/mol. The van der Waals surface area contributed by atoms with Crippen LogP contribution in [-0.2, 0) is 4.74 Å². The molecule has 1 fully saturated rings. The van der Waals surface area contributed by atoms with E-state index < -0.39 is 0 Å². The maximum absolute atomic E-state index is 5.77. The van der Waals surface area contributed by atoms with Crippen LogP contribution in [-0.4, -0.2) is 23.2 Å². The summed E-state index contributed by atoms with van der Waals surface area (Å²) in [6.07, 6.45) is 4.69. The smallest absolute Gasteiger partial charge is 0.0703 e. The minimum atomic E-state index is 0.328. The standard InChI is InChI=1S/C16H20N2O/c1-11-7-14(8-12(2)19-11)18-15-9-13-5-3-4-6-16(13)17-10-15/h3-6,9-12,14,18H,7-8H2,1-2H3. The van der Waals surface area contributed by atoms with Gasteiger partial charge in [0, 0.05) is 11.4 Å². The molecule has 19 heavy (non-hydrogen) atoms. The van der Waals surface area contributed by atoms with Crippen molar-refractivity contribution in [2.45, 2.75) is 44.9 Å². The lowest BCUT2D eigenvalue weighted by molar-refractivity contribution is -0.0337. The van der Waals surface area contributed by atoms with Crippen LogP contribution in [0.1, 0.15) is 26.7 Å². The van der Waals surface area contributed by atoms with Crippen LogP contribution in [0.15, 0.2) is 36.5 Å². The molecule has 1 N–H and O–H groups in total. The van der Waals surface area contributed by atoms with Gasteiger partial charge in [0.1, 0.15) is 0 Å². The number of anilines is 1. The molecule has 0 spiro atoms. The Kier molecular flexibility index (Phi) is 3.38. The van der Waals surface area contributed by atoms with Gasteiger partial charge in [0.05, 0.1) is 29.6 Å². The Labute approximate surface area is 114 Å². The normalized spacial score (nSPS) is 27.4. The number of para-hydroxylation sites is 1. The highest BCUT2D eigenvalue weighted by molar-refractivity contribution is 5.81. The quantitative estimate of drug-likeness (QED) is 0.891. The van der Waals surface area contributed by atoms with Crippen molar-refractivity contribution in [3.05, 3.63) is 36.5 Å². The fourth-order valence-corrected chi connectivity index (χ4v) is 2.91. The third-order valence-corrected chi connectivity index (χ3v) is 3.66. The Morgan fingerprint density at radius 2 is 1.89 bits per heavy atom. The first kappa shape index (κ1) is 12.4. The molecule has 1 aromatic carbocycles. The Morgan fingerprint density at radius 1 is 1.16 bits per heavy atom. The Balaban J connectivity index is 1.77. The third-order valence-electron chi connectivity index (χ3n) is 3.66. The molecule has 0 amide bonds. The van der Waals surface area contributed by atoms with Crippen LogP contribution < -0.4 is 5.32 Å². The van der Waals surface area contributed by atoms with Crippen molar-refractivity contribution in [3.63, 3.8) is 0 Å². The van der Waals surface area contributed by atoms with E-state index in [-0.39, 0.29) is 0 Å². The summed E-state index contributed by atoms with van der Waals surface area (Å²) in [5, 5.41) is 4.77. The van der Waals surface area contributed by atoms with Gasteiger partial charge in [-0.25, -0.2) is 0 Å². The molecule has 0 saturated carbocycles. The maximum atomic E-state index is 5.77. The SMILES string of the molecule is CC1CC(Nc2cnc3ccccc3c2)CC(C)O1. The molecule has 1 saturated heterocycles. The summed E-state index contributed by atoms with van der Waals surface area (Å²) in [4.78, 5) is 4.49. The number of aromatic nitrogens is 1. The number of nitrogens with zero attached hydrogens (tertiary/aromatic N) is 1. The van der Waals surface area contributed by atoms with Crippen molar-refractivity contribution in [1.82, 2.24) is 4.98 Å². The van der Waals surface area contributed by atoms with Crippen LogP contribution in [0.3, 0.4) is 0 Å². The first-order valence-corrected chi connectivity index (χ1v) is 6.97. The molecule has 0 radical (unpaired) electrons. The Morgan fingerprint density at radius 3 is 2.68 bits per heavy atom. The topological polar surface area (TPSA) is 34.2 Å². The second-order valence-corrected chi connectivity index (χ2v) is 5.49.